The van der Waals surface area contributed by atoms with Crippen molar-refractivity contribution >= 4 is 11.7 Å². The van der Waals surface area contributed by atoms with Crippen molar-refractivity contribution in [3.8, 4) is 0 Å². The molecule has 3 aliphatic heterocycles. The number of amidine groups is 2. The molecule has 4 nitrogen and oxygen atoms in total. The van der Waals surface area contributed by atoms with Crippen LogP contribution in [0.1, 0.15) is 98.8 Å². The normalized spacial score (nSPS) is 24.2. The minimum Gasteiger partial charge on any atom is -0.329 e. The third-order valence-electron chi connectivity index (χ3n) is 6.83. The number of rotatable bonds is 9. The Labute approximate surface area is 204 Å². The Morgan fingerprint density at radius 1 is 1.18 bits per heavy atom. The van der Waals surface area contributed by atoms with Crippen molar-refractivity contribution in [1.82, 2.24) is 10.2 Å². The van der Waals surface area contributed by atoms with Crippen LogP contribution < -0.4 is 5.32 Å². The summed E-state index contributed by atoms with van der Waals surface area (Å²) in [6.07, 6.45) is 21.6. The van der Waals surface area contributed by atoms with Crippen LogP contribution in [0.2, 0.25) is 0 Å². The van der Waals surface area contributed by atoms with E-state index in [1.54, 1.807) is 0 Å². The molecule has 4 heteroatoms. The van der Waals surface area contributed by atoms with Crippen LogP contribution in [0, 0.1) is 5.92 Å². The molecule has 3 rings (SSSR count). The number of fused-ring (bicyclic) bond motifs is 1. The first-order chi connectivity index (χ1) is 16.2. The van der Waals surface area contributed by atoms with Crippen LogP contribution in [0.25, 0.3) is 0 Å². The fourth-order valence-electron chi connectivity index (χ4n) is 5.08. The van der Waals surface area contributed by atoms with E-state index in [0.717, 1.165) is 44.0 Å². The summed E-state index contributed by atoms with van der Waals surface area (Å²) in [7, 11) is 0. The summed E-state index contributed by atoms with van der Waals surface area (Å²) in [4.78, 5) is 12.6. The van der Waals surface area contributed by atoms with Gasteiger partial charge in [-0.15, -0.1) is 0 Å². The van der Waals surface area contributed by atoms with Crippen molar-refractivity contribution in [3.05, 3.63) is 35.5 Å². The van der Waals surface area contributed by atoms with Crippen LogP contribution in [0.15, 0.2) is 45.4 Å². The maximum absolute atomic E-state index is 4.97. The molecule has 0 aromatic heterocycles. The molecular weight excluding hydrogens is 404 g/mol. The zero-order valence-electron chi connectivity index (χ0n) is 22.2. The van der Waals surface area contributed by atoms with E-state index in [9.17, 15) is 0 Å². The van der Waals surface area contributed by atoms with Gasteiger partial charge in [-0.05, 0) is 71.0 Å². The molecular formula is C29H50N4. The average Bonchev–Trinajstić information content (AvgIpc) is 3.13. The fourth-order valence-corrected chi connectivity index (χ4v) is 5.08. The lowest BCUT2D eigenvalue weighted by Gasteiger charge is -2.30. The first-order valence-electron chi connectivity index (χ1n) is 13.8. The first kappa shape index (κ1) is 27.6. The monoisotopic (exact) mass is 454 g/mol. The zero-order valence-corrected chi connectivity index (χ0v) is 22.2. The van der Waals surface area contributed by atoms with Gasteiger partial charge < -0.3 is 10.2 Å². The molecule has 33 heavy (non-hydrogen) atoms. The van der Waals surface area contributed by atoms with E-state index in [1.165, 1.54) is 69.2 Å². The fraction of sp³-hybridized carbons (Fsp3) is 0.724. The van der Waals surface area contributed by atoms with E-state index in [1.807, 2.05) is 13.8 Å². The molecule has 0 saturated carbocycles. The quantitative estimate of drug-likeness (QED) is 0.378. The van der Waals surface area contributed by atoms with Gasteiger partial charge in [0.15, 0.2) is 0 Å². The van der Waals surface area contributed by atoms with E-state index in [2.05, 4.69) is 55.3 Å². The molecule has 0 aliphatic carbocycles. The Hall–Kier alpha value is -1.68. The van der Waals surface area contributed by atoms with Crippen LogP contribution >= 0.6 is 0 Å². The molecule has 0 amide bonds. The Bertz CT molecular complexity index is 705. The SMILES string of the molecule is C/C=C\C(C)=C/CC1C=C2CCC(=NCCC(CCC)N3CCCCCC3)NC2=NC1.CC. The van der Waals surface area contributed by atoms with E-state index in [-0.39, 0.29) is 0 Å². The predicted octanol–water partition coefficient (Wildman–Crippen LogP) is 7.10. The number of likely N-dealkylation sites (tertiary alicyclic amines) is 1. The molecule has 0 spiro atoms. The van der Waals surface area contributed by atoms with Crippen LogP contribution in [-0.2, 0) is 0 Å². The van der Waals surface area contributed by atoms with Crippen LogP contribution in [0.4, 0.5) is 0 Å². The topological polar surface area (TPSA) is 40.0 Å². The molecule has 3 aliphatic rings. The Morgan fingerprint density at radius 3 is 2.64 bits per heavy atom. The summed E-state index contributed by atoms with van der Waals surface area (Å²) in [5.74, 6) is 2.75. The number of hydrogen-bond acceptors (Lipinski definition) is 3. The summed E-state index contributed by atoms with van der Waals surface area (Å²) in [6, 6.07) is 0.707. The molecule has 3 heterocycles. The molecule has 2 atom stereocenters. The number of aliphatic imine (C=N–C) groups is 2. The highest BCUT2D eigenvalue weighted by atomic mass is 15.2. The summed E-state index contributed by atoms with van der Waals surface area (Å²) in [5, 5.41) is 3.55. The van der Waals surface area contributed by atoms with Crippen LogP contribution in [0.3, 0.4) is 0 Å². The first-order valence-corrected chi connectivity index (χ1v) is 13.8. The van der Waals surface area contributed by atoms with Crippen molar-refractivity contribution < 1.29 is 0 Å². The summed E-state index contributed by atoms with van der Waals surface area (Å²) in [5.41, 5.74) is 2.73. The molecule has 0 aromatic rings. The van der Waals surface area contributed by atoms with Crippen LogP contribution in [0.5, 0.6) is 0 Å². The second-order valence-corrected chi connectivity index (χ2v) is 9.46. The van der Waals surface area contributed by atoms with E-state index in [4.69, 9.17) is 9.98 Å². The number of dihydropyridines is 1. The van der Waals surface area contributed by atoms with Gasteiger partial charge in [-0.3, -0.25) is 9.98 Å². The van der Waals surface area contributed by atoms with Crippen LogP contribution in [-0.4, -0.2) is 48.8 Å². The maximum atomic E-state index is 4.97. The molecule has 0 bridgehead atoms. The van der Waals surface area contributed by atoms with Gasteiger partial charge in [0.25, 0.3) is 0 Å². The lowest BCUT2D eigenvalue weighted by Crippen LogP contribution is -2.39. The summed E-state index contributed by atoms with van der Waals surface area (Å²) >= 11 is 0. The van der Waals surface area contributed by atoms with Gasteiger partial charge in [-0.2, -0.15) is 0 Å². The number of nitrogens with one attached hydrogen (secondary N) is 1. The number of allylic oxidation sites excluding steroid dienone is 4. The zero-order chi connectivity index (χ0) is 23.9. The predicted molar refractivity (Wildman–Crippen MR) is 146 cm³/mol. The largest absolute Gasteiger partial charge is 0.329 e. The molecule has 1 N–H and O–H groups in total. The van der Waals surface area contributed by atoms with Crippen molar-refractivity contribution in [2.75, 3.05) is 26.2 Å². The average molecular weight is 455 g/mol. The second kappa shape index (κ2) is 16.0. The minimum atomic E-state index is 0.530. The van der Waals surface area contributed by atoms with Crippen molar-refractivity contribution in [2.24, 2.45) is 15.9 Å². The van der Waals surface area contributed by atoms with E-state index in [0.29, 0.717) is 12.0 Å². The smallest absolute Gasteiger partial charge is 0.129 e. The Kier molecular flexibility index (Phi) is 13.4. The Balaban J connectivity index is 0.00000187. The highest BCUT2D eigenvalue weighted by Gasteiger charge is 2.23. The summed E-state index contributed by atoms with van der Waals surface area (Å²) in [6.45, 7) is 15.0. The Morgan fingerprint density at radius 2 is 1.94 bits per heavy atom. The number of nitrogens with zero attached hydrogens (tertiary/aromatic N) is 3. The lowest BCUT2D eigenvalue weighted by molar-refractivity contribution is 0.185. The van der Waals surface area contributed by atoms with E-state index >= 15 is 0 Å². The maximum Gasteiger partial charge on any atom is 0.129 e. The van der Waals surface area contributed by atoms with Gasteiger partial charge in [-0.25, -0.2) is 0 Å². The van der Waals surface area contributed by atoms with Crippen molar-refractivity contribution in [1.29, 1.82) is 0 Å². The highest BCUT2D eigenvalue weighted by molar-refractivity contribution is 6.12. The number of piperidine rings is 1. The lowest BCUT2D eigenvalue weighted by atomic mass is 9.93. The number of hydrogen-bond donors (Lipinski definition) is 1. The van der Waals surface area contributed by atoms with Gasteiger partial charge in [0.1, 0.15) is 11.7 Å². The van der Waals surface area contributed by atoms with Crippen molar-refractivity contribution in [2.45, 2.75) is 105 Å². The molecule has 2 fully saturated rings. The standard InChI is InChI=1S/C27H44N4.C2H6/c1-4-10-22(3)12-13-23-20-24-14-15-26(30-27(24)29-21-23)28-17-16-25(11-5-2)31-18-8-6-7-9-19-31;1-2/h4,10,12,20,23,25H,5-9,11,13-19,21H2,1-3H3,(H,28,29,30);1-2H3/b10-4-,22-12-;. The third kappa shape index (κ3) is 9.60. The summed E-state index contributed by atoms with van der Waals surface area (Å²) < 4.78 is 0. The van der Waals surface area contributed by atoms with Gasteiger partial charge >= 0.3 is 0 Å². The van der Waals surface area contributed by atoms with E-state index < -0.39 is 0 Å². The molecule has 0 aromatic carbocycles. The molecule has 2 saturated heterocycles. The third-order valence-corrected chi connectivity index (χ3v) is 6.83. The molecule has 186 valence electrons. The second-order valence-electron chi connectivity index (χ2n) is 9.46. The van der Waals surface area contributed by atoms with Gasteiger partial charge in [0.2, 0.25) is 0 Å². The van der Waals surface area contributed by atoms with Crippen molar-refractivity contribution in [3.63, 3.8) is 0 Å². The van der Waals surface area contributed by atoms with Gasteiger partial charge in [0.05, 0.1) is 0 Å². The highest BCUT2D eigenvalue weighted by Crippen LogP contribution is 2.23. The van der Waals surface area contributed by atoms with Gasteiger partial charge in [0, 0.05) is 31.5 Å². The minimum absolute atomic E-state index is 0.530. The molecule has 2 unspecified atom stereocenters. The molecule has 0 radical (unpaired) electrons. The van der Waals surface area contributed by atoms with Gasteiger partial charge in [-0.1, -0.05) is 69.9 Å².